The topological polar surface area (TPSA) is 124 Å². The number of aromatic nitrogens is 5. The highest BCUT2D eigenvalue weighted by Gasteiger charge is 2.20. The molecule has 3 heterocycles. The molecule has 0 saturated carbocycles. The maximum Gasteiger partial charge on any atom is 0.413 e. The summed E-state index contributed by atoms with van der Waals surface area (Å²) in [6.45, 7) is 4.63. The van der Waals surface area contributed by atoms with E-state index < -0.39 is 24.0 Å². The number of aryl methyl sites for hydroxylation is 1. The van der Waals surface area contributed by atoms with Crippen molar-refractivity contribution in [1.29, 1.82) is 0 Å². The lowest BCUT2D eigenvalue weighted by molar-refractivity contribution is -0.116. The summed E-state index contributed by atoms with van der Waals surface area (Å²) >= 11 is 0. The predicted octanol–water partition coefficient (Wildman–Crippen LogP) is 3.92. The van der Waals surface area contributed by atoms with Gasteiger partial charge < -0.3 is 10.1 Å². The van der Waals surface area contributed by atoms with Crippen LogP contribution in [0, 0.1) is 5.95 Å². The van der Waals surface area contributed by atoms with Crippen molar-refractivity contribution in [1.82, 2.24) is 25.0 Å². The average Bonchev–Trinajstić information content (AvgIpc) is 3.13. The molecule has 0 radical (unpaired) electrons. The molecule has 10 nitrogen and oxygen atoms in total. The molecule has 0 bridgehead atoms. The van der Waals surface area contributed by atoms with E-state index in [1.54, 1.807) is 19.2 Å². The summed E-state index contributed by atoms with van der Waals surface area (Å²) in [4.78, 5) is 31.9. The zero-order chi connectivity index (χ0) is 24.0. The SMILES string of the molecule is C=C(F)CCC(=O)Nc1ccc(-c2nnn(C)c2NC(=O)O[C@H](C)c2cccnc2F)nc1. The average molecular weight is 457 g/mol. The van der Waals surface area contributed by atoms with Crippen molar-refractivity contribution in [2.24, 2.45) is 7.05 Å². The van der Waals surface area contributed by atoms with Gasteiger partial charge >= 0.3 is 6.09 Å². The van der Waals surface area contributed by atoms with E-state index in [2.05, 4.69) is 37.5 Å². The summed E-state index contributed by atoms with van der Waals surface area (Å²) in [6, 6.07) is 6.15. The van der Waals surface area contributed by atoms with Crippen molar-refractivity contribution < 1.29 is 23.1 Å². The van der Waals surface area contributed by atoms with Crippen LogP contribution in [0.15, 0.2) is 49.1 Å². The molecule has 0 aromatic carbocycles. The number of ether oxygens (including phenoxy) is 1. The van der Waals surface area contributed by atoms with Crippen molar-refractivity contribution in [2.75, 3.05) is 10.6 Å². The van der Waals surface area contributed by atoms with E-state index in [9.17, 15) is 18.4 Å². The van der Waals surface area contributed by atoms with Crippen molar-refractivity contribution in [3.05, 3.63) is 60.6 Å². The Morgan fingerprint density at radius 1 is 1.21 bits per heavy atom. The molecule has 172 valence electrons. The number of nitrogens with zero attached hydrogens (tertiary/aromatic N) is 5. The third-order valence-electron chi connectivity index (χ3n) is 4.47. The Kier molecular flexibility index (Phi) is 7.38. The second kappa shape index (κ2) is 10.4. The minimum atomic E-state index is -0.890. The lowest BCUT2D eigenvalue weighted by Gasteiger charge is -2.14. The van der Waals surface area contributed by atoms with E-state index in [0.717, 1.165) is 0 Å². The first-order valence-corrected chi connectivity index (χ1v) is 9.82. The van der Waals surface area contributed by atoms with Gasteiger partial charge in [-0.2, -0.15) is 4.39 Å². The van der Waals surface area contributed by atoms with E-state index in [0.29, 0.717) is 11.4 Å². The number of carbonyl (C=O) groups is 2. The number of hydrogen-bond donors (Lipinski definition) is 2. The lowest BCUT2D eigenvalue weighted by Crippen LogP contribution is -2.19. The quantitative estimate of drug-likeness (QED) is 0.491. The molecule has 0 aliphatic carbocycles. The van der Waals surface area contributed by atoms with Crippen molar-refractivity contribution >= 4 is 23.5 Å². The van der Waals surface area contributed by atoms with Crippen LogP contribution in [-0.2, 0) is 16.6 Å². The number of anilines is 2. The highest BCUT2D eigenvalue weighted by molar-refractivity contribution is 5.91. The van der Waals surface area contributed by atoms with E-state index in [1.165, 1.54) is 36.1 Å². The maximum absolute atomic E-state index is 13.8. The Labute approximate surface area is 187 Å². The molecule has 0 fully saturated rings. The van der Waals surface area contributed by atoms with E-state index in [-0.39, 0.29) is 35.8 Å². The number of halogens is 2. The Bertz CT molecular complexity index is 1160. The molecular formula is C21H21F2N7O3. The molecule has 1 atom stereocenters. The maximum atomic E-state index is 13.8. The van der Waals surface area contributed by atoms with Gasteiger partial charge in [-0.3, -0.25) is 15.1 Å². The zero-order valence-electron chi connectivity index (χ0n) is 17.9. The highest BCUT2D eigenvalue weighted by atomic mass is 19.1. The Morgan fingerprint density at radius 2 is 2.00 bits per heavy atom. The number of carbonyl (C=O) groups excluding carboxylic acids is 2. The summed E-state index contributed by atoms with van der Waals surface area (Å²) in [7, 11) is 1.56. The first-order chi connectivity index (χ1) is 15.7. The lowest BCUT2D eigenvalue weighted by atomic mass is 10.2. The fourth-order valence-electron chi connectivity index (χ4n) is 2.80. The third-order valence-corrected chi connectivity index (χ3v) is 4.47. The summed E-state index contributed by atoms with van der Waals surface area (Å²) in [5.41, 5.74) is 1.14. The van der Waals surface area contributed by atoms with Crippen LogP contribution in [-0.4, -0.2) is 37.0 Å². The molecule has 3 rings (SSSR count). The van der Waals surface area contributed by atoms with E-state index in [1.807, 2.05) is 0 Å². The minimum Gasteiger partial charge on any atom is -0.441 e. The predicted molar refractivity (Wildman–Crippen MR) is 115 cm³/mol. The van der Waals surface area contributed by atoms with E-state index >= 15 is 0 Å². The Balaban J connectivity index is 1.68. The van der Waals surface area contributed by atoms with Crippen molar-refractivity contribution in [3.63, 3.8) is 0 Å². The molecule has 3 aromatic heterocycles. The van der Waals surface area contributed by atoms with Gasteiger partial charge in [0.2, 0.25) is 11.9 Å². The van der Waals surface area contributed by atoms with Crippen LogP contribution in [0.5, 0.6) is 0 Å². The minimum absolute atomic E-state index is 0.0429. The molecule has 0 unspecified atom stereocenters. The van der Waals surface area contributed by atoms with Gasteiger partial charge in [-0.05, 0) is 31.2 Å². The van der Waals surface area contributed by atoms with Gasteiger partial charge in [-0.1, -0.05) is 11.8 Å². The number of rotatable bonds is 8. The first kappa shape index (κ1) is 23.4. The van der Waals surface area contributed by atoms with Crippen molar-refractivity contribution in [2.45, 2.75) is 25.9 Å². The Hall–Kier alpha value is -4.22. The van der Waals surface area contributed by atoms with Gasteiger partial charge in [0.25, 0.3) is 0 Å². The number of amides is 2. The van der Waals surface area contributed by atoms with Gasteiger partial charge in [0.05, 0.1) is 23.4 Å². The first-order valence-electron chi connectivity index (χ1n) is 9.82. The van der Waals surface area contributed by atoms with Crippen LogP contribution < -0.4 is 10.6 Å². The standard InChI is InChI=1S/C21H21F2N7O3/c1-12(22)6-9-17(31)26-14-7-8-16(25-11-14)18-20(30(3)29-28-18)27-21(32)33-13(2)15-5-4-10-24-19(15)23/h4-5,7-8,10-11,13H,1,6,9H2,2-3H3,(H,26,31)(H,27,32)/t13-/m1/s1. The fraction of sp³-hybridized carbons (Fsp3) is 0.238. The molecule has 0 aliphatic heterocycles. The van der Waals surface area contributed by atoms with Gasteiger partial charge in [-0.25, -0.2) is 18.9 Å². The molecule has 0 spiro atoms. The summed E-state index contributed by atoms with van der Waals surface area (Å²) in [5, 5.41) is 13.0. The second-order valence-electron chi connectivity index (χ2n) is 6.96. The number of allylic oxidation sites excluding steroid dienone is 1. The molecular weight excluding hydrogens is 436 g/mol. The molecule has 33 heavy (non-hydrogen) atoms. The second-order valence-corrected chi connectivity index (χ2v) is 6.96. The van der Waals surface area contributed by atoms with Crippen LogP contribution in [0.1, 0.15) is 31.4 Å². The van der Waals surface area contributed by atoms with Crippen LogP contribution >= 0.6 is 0 Å². The van der Waals surface area contributed by atoms with Gasteiger partial charge in [0.15, 0.2) is 11.5 Å². The number of pyridine rings is 2. The van der Waals surface area contributed by atoms with Crippen LogP contribution in [0.25, 0.3) is 11.4 Å². The molecule has 12 heteroatoms. The highest BCUT2D eigenvalue weighted by Crippen LogP contribution is 2.25. The summed E-state index contributed by atoms with van der Waals surface area (Å²) in [6.07, 6.45) is 0.841. The smallest absolute Gasteiger partial charge is 0.413 e. The summed E-state index contributed by atoms with van der Waals surface area (Å²) in [5.74, 6) is -1.48. The van der Waals surface area contributed by atoms with Crippen LogP contribution in [0.4, 0.5) is 25.1 Å². The summed E-state index contributed by atoms with van der Waals surface area (Å²) < 4.78 is 33.0. The van der Waals surface area contributed by atoms with E-state index in [4.69, 9.17) is 4.74 Å². The normalized spacial score (nSPS) is 11.5. The third kappa shape index (κ3) is 6.15. The molecule has 3 aromatic rings. The number of hydrogen-bond acceptors (Lipinski definition) is 7. The monoisotopic (exact) mass is 457 g/mol. The van der Waals surface area contributed by atoms with Gasteiger partial charge in [-0.15, -0.1) is 5.10 Å². The van der Waals surface area contributed by atoms with Gasteiger partial charge in [0, 0.05) is 31.6 Å². The zero-order valence-corrected chi connectivity index (χ0v) is 17.9. The number of nitrogens with one attached hydrogen (secondary N) is 2. The van der Waals surface area contributed by atoms with Crippen LogP contribution in [0.3, 0.4) is 0 Å². The fourth-order valence-corrected chi connectivity index (χ4v) is 2.80. The largest absolute Gasteiger partial charge is 0.441 e. The molecule has 0 saturated heterocycles. The van der Waals surface area contributed by atoms with Crippen molar-refractivity contribution in [3.8, 4) is 11.4 Å². The van der Waals surface area contributed by atoms with Crippen LogP contribution in [0.2, 0.25) is 0 Å². The molecule has 0 aliphatic rings. The Morgan fingerprint density at radius 3 is 2.67 bits per heavy atom. The molecule has 2 amide bonds. The molecule has 2 N–H and O–H groups in total. The van der Waals surface area contributed by atoms with Gasteiger partial charge in [0.1, 0.15) is 6.10 Å².